The maximum absolute atomic E-state index is 3.54. The Balaban J connectivity index is 1.63. The lowest BCUT2D eigenvalue weighted by atomic mass is 10.1. The van der Waals surface area contributed by atoms with E-state index in [2.05, 4.69) is 66.2 Å². The van der Waals surface area contributed by atoms with E-state index in [0.29, 0.717) is 4.75 Å². The molecule has 106 valence electrons. The van der Waals surface area contributed by atoms with Crippen LogP contribution in [0.2, 0.25) is 0 Å². The molecule has 0 bridgehead atoms. The van der Waals surface area contributed by atoms with Gasteiger partial charge in [0.2, 0.25) is 0 Å². The van der Waals surface area contributed by atoms with Gasteiger partial charge in [-0.05, 0) is 18.5 Å². The molecule has 1 heterocycles. The summed E-state index contributed by atoms with van der Waals surface area (Å²) in [7, 11) is 0. The smallest absolute Gasteiger partial charge is 0.0206 e. The SMILES string of the molecule is CC1(C)CCN(CCNCc2ccccc2)CCS1. The predicted octanol–water partition coefficient (Wildman–Crippen LogP) is 2.99. The van der Waals surface area contributed by atoms with Crippen LogP contribution in [-0.4, -0.2) is 41.6 Å². The first-order valence-electron chi connectivity index (χ1n) is 7.27. The average molecular weight is 278 g/mol. The number of thioether (sulfide) groups is 1. The molecular weight excluding hydrogens is 252 g/mol. The van der Waals surface area contributed by atoms with Crippen molar-refractivity contribution in [1.82, 2.24) is 10.2 Å². The van der Waals surface area contributed by atoms with Gasteiger partial charge in [0.15, 0.2) is 0 Å². The van der Waals surface area contributed by atoms with Crippen LogP contribution in [0.25, 0.3) is 0 Å². The van der Waals surface area contributed by atoms with E-state index in [1.807, 2.05) is 0 Å². The minimum atomic E-state index is 0.465. The molecular formula is C16H26N2S. The van der Waals surface area contributed by atoms with Gasteiger partial charge in [-0.25, -0.2) is 0 Å². The molecule has 3 heteroatoms. The summed E-state index contributed by atoms with van der Waals surface area (Å²) >= 11 is 2.12. The Bertz CT molecular complexity index is 364. The third-order valence-corrected chi connectivity index (χ3v) is 5.08. The van der Waals surface area contributed by atoms with Crippen molar-refractivity contribution in [3.05, 3.63) is 35.9 Å². The Hall–Kier alpha value is -0.510. The molecule has 1 aromatic rings. The highest BCUT2D eigenvalue weighted by atomic mass is 32.2. The minimum absolute atomic E-state index is 0.465. The quantitative estimate of drug-likeness (QED) is 0.834. The normalized spacial score (nSPS) is 20.1. The lowest BCUT2D eigenvalue weighted by molar-refractivity contribution is 0.283. The van der Waals surface area contributed by atoms with Crippen molar-refractivity contribution in [3.63, 3.8) is 0 Å². The van der Waals surface area contributed by atoms with Crippen LogP contribution < -0.4 is 5.32 Å². The second kappa shape index (κ2) is 7.32. The van der Waals surface area contributed by atoms with Gasteiger partial charge in [-0.2, -0.15) is 11.8 Å². The van der Waals surface area contributed by atoms with Gasteiger partial charge in [-0.1, -0.05) is 44.2 Å². The third kappa shape index (κ3) is 5.55. The van der Waals surface area contributed by atoms with Crippen molar-refractivity contribution in [2.45, 2.75) is 31.6 Å². The van der Waals surface area contributed by atoms with Crippen LogP contribution in [0.1, 0.15) is 25.8 Å². The van der Waals surface area contributed by atoms with E-state index in [0.717, 1.165) is 13.1 Å². The molecule has 1 aliphatic rings. The van der Waals surface area contributed by atoms with Crippen molar-refractivity contribution >= 4 is 11.8 Å². The second-order valence-electron chi connectivity index (χ2n) is 5.86. The highest BCUT2D eigenvalue weighted by Gasteiger charge is 2.23. The van der Waals surface area contributed by atoms with E-state index in [1.165, 1.54) is 37.4 Å². The zero-order chi connectivity index (χ0) is 13.6. The Morgan fingerprint density at radius 2 is 2.00 bits per heavy atom. The molecule has 1 fully saturated rings. The number of hydrogen-bond donors (Lipinski definition) is 1. The first kappa shape index (κ1) is 14.9. The molecule has 1 aliphatic heterocycles. The Kier molecular flexibility index (Phi) is 5.74. The summed E-state index contributed by atoms with van der Waals surface area (Å²) in [6.45, 7) is 10.5. The fourth-order valence-corrected chi connectivity index (χ4v) is 3.49. The molecule has 0 aromatic heterocycles. The summed E-state index contributed by atoms with van der Waals surface area (Å²) in [5.41, 5.74) is 1.37. The Morgan fingerprint density at radius 3 is 2.79 bits per heavy atom. The molecule has 1 aromatic carbocycles. The molecule has 0 atom stereocenters. The number of hydrogen-bond acceptors (Lipinski definition) is 3. The van der Waals surface area contributed by atoms with Gasteiger partial charge in [-0.15, -0.1) is 0 Å². The standard InChI is InChI=1S/C16H26N2S/c1-16(2)8-10-18(12-13-19-16)11-9-17-14-15-6-4-3-5-7-15/h3-7,17H,8-14H2,1-2H3. The molecule has 0 aliphatic carbocycles. The highest BCUT2D eigenvalue weighted by Crippen LogP contribution is 2.30. The lowest BCUT2D eigenvalue weighted by Crippen LogP contribution is -2.34. The van der Waals surface area contributed by atoms with E-state index in [4.69, 9.17) is 0 Å². The summed E-state index contributed by atoms with van der Waals surface area (Å²) in [5.74, 6) is 1.27. The zero-order valence-electron chi connectivity index (χ0n) is 12.2. The van der Waals surface area contributed by atoms with E-state index in [-0.39, 0.29) is 0 Å². The second-order valence-corrected chi connectivity index (χ2v) is 7.66. The van der Waals surface area contributed by atoms with Gasteiger partial charge >= 0.3 is 0 Å². The summed E-state index contributed by atoms with van der Waals surface area (Å²) < 4.78 is 0.465. The van der Waals surface area contributed by atoms with E-state index in [1.54, 1.807) is 0 Å². The minimum Gasteiger partial charge on any atom is -0.311 e. The van der Waals surface area contributed by atoms with Crippen molar-refractivity contribution in [1.29, 1.82) is 0 Å². The Labute approximate surface area is 122 Å². The average Bonchev–Trinajstić information content (AvgIpc) is 2.57. The maximum Gasteiger partial charge on any atom is 0.0206 e. The van der Waals surface area contributed by atoms with Crippen LogP contribution in [0.3, 0.4) is 0 Å². The van der Waals surface area contributed by atoms with Crippen LogP contribution in [0, 0.1) is 0 Å². The molecule has 2 nitrogen and oxygen atoms in total. The number of nitrogens with one attached hydrogen (secondary N) is 1. The van der Waals surface area contributed by atoms with E-state index in [9.17, 15) is 0 Å². The molecule has 2 rings (SSSR count). The third-order valence-electron chi connectivity index (χ3n) is 3.71. The lowest BCUT2D eigenvalue weighted by Gasteiger charge is -2.22. The van der Waals surface area contributed by atoms with Crippen LogP contribution in [-0.2, 0) is 6.54 Å². The largest absolute Gasteiger partial charge is 0.311 e. The Morgan fingerprint density at radius 1 is 1.21 bits per heavy atom. The summed E-state index contributed by atoms with van der Waals surface area (Å²) in [6.07, 6.45) is 1.30. The van der Waals surface area contributed by atoms with Crippen molar-refractivity contribution in [3.8, 4) is 0 Å². The molecule has 0 saturated carbocycles. The molecule has 0 spiro atoms. The van der Waals surface area contributed by atoms with E-state index < -0.39 is 0 Å². The zero-order valence-corrected chi connectivity index (χ0v) is 13.0. The first-order valence-corrected chi connectivity index (χ1v) is 8.25. The van der Waals surface area contributed by atoms with E-state index >= 15 is 0 Å². The van der Waals surface area contributed by atoms with Gasteiger partial charge in [0.25, 0.3) is 0 Å². The molecule has 19 heavy (non-hydrogen) atoms. The van der Waals surface area contributed by atoms with Gasteiger partial charge in [-0.3, -0.25) is 0 Å². The molecule has 0 radical (unpaired) electrons. The van der Waals surface area contributed by atoms with Crippen LogP contribution in [0.15, 0.2) is 30.3 Å². The molecule has 0 unspecified atom stereocenters. The molecule has 0 amide bonds. The predicted molar refractivity (Wildman–Crippen MR) is 85.7 cm³/mol. The van der Waals surface area contributed by atoms with Crippen LogP contribution >= 0.6 is 11.8 Å². The fourth-order valence-electron chi connectivity index (χ4n) is 2.35. The monoisotopic (exact) mass is 278 g/mol. The first-order chi connectivity index (χ1) is 9.16. The summed E-state index contributed by atoms with van der Waals surface area (Å²) in [6, 6.07) is 10.6. The summed E-state index contributed by atoms with van der Waals surface area (Å²) in [5, 5.41) is 3.54. The molecule has 1 saturated heterocycles. The van der Waals surface area contributed by atoms with Crippen molar-refractivity contribution in [2.75, 3.05) is 31.9 Å². The summed E-state index contributed by atoms with van der Waals surface area (Å²) in [4.78, 5) is 2.60. The number of benzene rings is 1. The highest BCUT2D eigenvalue weighted by molar-refractivity contribution is 8.00. The van der Waals surface area contributed by atoms with Gasteiger partial charge < -0.3 is 10.2 Å². The number of rotatable bonds is 5. The molecule has 1 N–H and O–H groups in total. The fraction of sp³-hybridized carbons (Fsp3) is 0.625. The number of nitrogens with zero attached hydrogens (tertiary/aromatic N) is 1. The van der Waals surface area contributed by atoms with Gasteiger partial charge in [0.05, 0.1) is 0 Å². The van der Waals surface area contributed by atoms with Crippen LogP contribution in [0.5, 0.6) is 0 Å². The van der Waals surface area contributed by atoms with Crippen molar-refractivity contribution in [2.24, 2.45) is 0 Å². The maximum atomic E-state index is 3.54. The van der Waals surface area contributed by atoms with Gasteiger partial charge in [0, 0.05) is 36.7 Å². The topological polar surface area (TPSA) is 15.3 Å². The van der Waals surface area contributed by atoms with Gasteiger partial charge in [0.1, 0.15) is 0 Å². The van der Waals surface area contributed by atoms with Crippen molar-refractivity contribution < 1.29 is 0 Å². The van der Waals surface area contributed by atoms with Crippen LogP contribution in [0.4, 0.5) is 0 Å².